The standard InChI is InChI=1S/C15H14BrNO3S/c1-20-15(19)13-7-6-12(21-13)14(18)17-9-8-10-2-4-11(16)5-3-10/h2-7H,8-9H2,1H3,(H,17,18). The molecule has 1 aromatic heterocycles. The fourth-order valence-electron chi connectivity index (χ4n) is 1.73. The molecule has 0 aliphatic heterocycles. The highest BCUT2D eigenvalue weighted by molar-refractivity contribution is 9.10. The summed E-state index contributed by atoms with van der Waals surface area (Å²) in [6, 6.07) is 11.2. The van der Waals surface area contributed by atoms with Gasteiger partial charge in [-0.05, 0) is 36.2 Å². The van der Waals surface area contributed by atoms with Crippen molar-refractivity contribution in [1.82, 2.24) is 5.32 Å². The smallest absolute Gasteiger partial charge is 0.348 e. The van der Waals surface area contributed by atoms with Gasteiger partial charge in [-0.2, -0.15) is 0 Å². The van der Waals surface area contributed by atoms with Crippen LogP contribution in [0.25, 0.3) is 0 Å². The zero-order chi connectivity index (χ0) is 15.2. The summed E-state index contributed by atoms with van der Waals surface area (Å²) in [6.45, 7) is 0.548. The van der Waals surface area contributed by atoms with E-state index in [2.05, 4.69) is 26.0 Å². The summed E-state index contributed by atoms with van der Waals surface area (Å²) >= 11 is 4.51. The van der Waals surface area contributed by atoms with Crippen LogP contribution in [-0.2, 0) is 11.2 Å². The third-order valence-corrected chi connectivity index (χ3v) is 4.42. The third-order valence-electron chi connectivity index (χ3n) is 2.83. The van der Waals surface area contributed by atoms with Gasteiger partial charge in [0.05, 0.1) is 12.0 Å². The van der Waals surface area contributed by atoms with Crippen LogP contribution >= 0.6 is 27.3 Å². The number of carbonyl (C=O) groups excluding carboxylic acids is 2. The number of methoxy groups -OCH3 is 1. The van der Waals surface area contributed by atoms with Gasteiger partial charge in [0.15, 0.2) is 0 Å². The van der Waals surface area contributed by atoms with Crippen molar-refractivity contribution in [3.63, 3.8) is 0 Å². The summed E-state index contributed by atoms with van der Waals surface area (Å²) in [5, 5.41) is 2.84. The maximum atomic E-state index is 12.0. The first-order chi connectivity index (χ1) is 10.1. The van der Waals surface area contributed by atoms with Crippen molar-refractivity contribution in [2.24, 2.45) is 0 Å². The maximum Gasteiger partial charge on any atom is 0.348 e. The summed E-state index contributed by atoms with van der Waals surface area (Å²) in [4.78, 5) is 24.2. The van der Waals surface area contributed by atoms with Crippen molar-refractivity contribution < 1.29 is 14.3 Å². The van der Waals surface area contributed by atoms with Crippen molar-refractivity contribution in [2.45, 2.75) is 6.42 Å². The van der Waals surface area contributed by atoms with Gasteiger partial charge >= 0.3 is 5.97 Å². The van der Waals surface area contributed by atoms with E-state index in [0.29, 0.717) is 16.3 Å². The van der Waals surface area contributed by atoms with E-state index in [0.717, 1.165) is 27.8 Å². The van der Waals surface area contributed by atoms with Gasteiger partial charge in [-0.3, -0.25) is 4.79 Å². The highest BCUT2D eigenvalue weighted by Gasteiger charge is 2.13. The normalized spacial score (nSPS) is 10.2. The second kappa shape index (κ2) is 7.38. The third kappa shape index (κ3) is 4.41. The molecule has 0 radical (unpaired) electrons. The fraction of sp³-hybridized carbons (Fsp3) is 0.200. The molecule has 2 aromatic rings. The van der Waals surface area contributed by atoms with E-state index in [-0.39, 0.29) is 5.91 Å². The molecule has 1 aromatic carbocycles. The van der Waals surface area contributed by atoms with Crippen LogP contribution in [0.3, 0.4) is 0 Å². The molecule has 0 bridgehead atoms. The Bertz CT molecular complexity index is 637. The molecule has 0 unspecified atom stereocenters. The van der Waals surface area contributed by atoms with Crippen molar-refractivity contribution in [3.05, 3.63) is 56.2 Å². The van der Waals surface area contributed by atoms with Crippen LogP contribution in [0, 0.1) is 0 Å². The molecule has 0 fully saturated rings. The van der Waals surface area contributed by atoms with Gasteiger partial charge in [0.1, 0.15) is 4.88 Å². The van der Waals surface area contributed by atoms with Crippen molar-refractivity contribution in [1.29, 1.82) is 0 Å². The number of ether oxygens (including phenoxy) is 1. The first-order valence-corrected chi connectivity index (χ1v) is 7.92. The predicted molar refractivity (Wildman–Crippen MR) is 85.8 cm³/mol. The minimum Gasteiger partial charge on any atom is -0.465 e. The number of nitrogens with one attached hydrogen (secondary N) is 1. The molecule has 0 saturated carbocycles. The van der Waals surface area contributed by atoms with Crippen molar-refractivity contribution in [3.8, 4) is 0 Å². The van der Waals surface area contributed by atoms with Gasteiger partial charge in [0, 0.05) is 11.0 Å². The minimum atomic E-state index is -0.422. The minimum absolute atomic E-state index is 0.174. The number of hydrogen-bond donors (Lipinski definition) is 1. The second-order valence-corrected chi connectivity index (χ2v) is 6.29. The molecular weight excluding hydrogens is 354 g/mol. The highest BCUT2D eigenvalue weighted by Crippen LogP contribution is 2.17. The monoisotopic (exact) mass is 367 g/mol. The van der Waals surface area contributed by atoms with Gasteiger partial charge in [0.25, 0.3) is 5.91 Å². The molecule has 0 spiro atoms. The van der Waals surface area contributed by atoms with Crippen molar-refractivity contribution >= 4 is 39.1 Å². The zero-order valence-electron chi connectivity index (χ0n) is 11.4. The lowest BCUT2D eigenvalue weighted by Gasteiger charge is -2.04. The van der Waals surface area contributed by atoms with Crippen molar-refractivity contribution in [2.75, 3.05) is 13.7 Å². The molecule has 0 aliphatic rings. The van der Waals surface area contributed by atoms with E-state index in [1.807, 2.05) is 24.3 Å². The Balaban J connectivity index is 1.85. The van der Waals surface area contributed by atoms with Gasteiger partial charge < -0.3 is 10.1 Å². The topological polar surface area (TPSA) is 55.4 Å². The summed E-state index contributed by atoms with van der Waals surface area (Å²) < 4.78 is 5.65. The molecule has 4 nitrogen and oxygen atoms in total. The molecule has 1 amide bonds. The Kier molecular flexibility index (Phi) is 5.52. The lowest BCUT2D eigenvalue weighted by atomic mass is 10.1. The van der Waals surface area contributed by atoms with Crippen LogP contribution in [0.4, 0.5) is 0 Å². The van der Waals surface area contributed by atoms with Crippen LogP contribution in [0.1, 0.15) is 24.9 Å². The van der Waals surface area contributed by atoms with Crippen LogP contribution in [0.15, 0.2) is 40.9 Å². The van der Waals surface area contributed by atoms with Gasteiger partial charge in [-0.15, -0.1) is 11.3 Å². The Hall–Kier alpha value is -1.66. The van der Waals surface area contributed by atoms with E-state index in [9.17, 15) is 9.59 Å². The Morgan fingerprint density at radius 1 is 1.14 bits per heavy atom. The van der Waals surface area contributed by atoms with E-state index >= 15 is 0 Å². The number of halogens is 1. The number of esters is 1. The molecule has 1 N–H and O–H groups in total. The molecule has 0 saturated heterocycles. The number of carbonyl (C=O) groups is 2. The summed E-state index contributed by atoms with van der Waals surface area (Å²) in [5.74, 6) is -0.596. The molecule has 1 heterocycles. The SMILES string of the molecule is COC(=O)c1ccc(C(=O)NCCc2ccc(Br)cc2)s1. The number of rotatable bonds is 5. The summed E-state index contributed by atoms with van der Waals surface area (Å²) in [6.07, 6.45) is 0.758. The average Bonchev–Trinajstić information content (AvgIpc) is 2.98. The maximum absolute atomic E-state index is 12.0. The largest absolute Gasteiger partial charge is 0.465 e. The first-order valence-electron chi connectivity index (χ1n) is 6.31. The molecule has 110 valence electrons. The highest BCUT2D eigenvalue weighted by atomic mass is 79.9. The van der Waals surface area contributed by atoms with E-state index < -0.39 is 5.97 Å². The lowest BCUT2D eigenvalue weighted by Crippen LogP contribution is -2.24. The predicted octanol–water partition coefficient (Wildman–Crippen LogP) is 3.27. The van der Waals surface area contributed by atoms with E-state index in [1.54, 1.807) is 12.1 Å². The molecular formula is C15H14BrNO3S. The number of thiophene rings is 1. The molecule has 0 atom stereocenters. The summed E-state index contributed by atoms with van der Waals surface area (Å²) in [5.41, 5.74) is 1.15. The number of hydrogen-bond acceptors (Lipinski definition) is 4. The van der Waals surface area contributed by atoms with Gasteiger partial charge in [-0.1, -0.05) is 28.1 Å². The first kappa shape index (κ1) is 15.7. The van der Waals surface area contributed by atoms with Crippen LogP contribution < -0.4 is 5.32 Å². The zero-order valence-corrected chi connectivity index (χ0v) is 13.8. The van der Waals surface area contributed by atoms with E-state index in [4.69, 9.17) is 0 Å². The number of amides is 1. The Morgan fingerprint density at radius 3 is 2.48 bits per heavy atom. The van der Waals surface area contributed by atoms with Crippen LogP contribution in [0.5, 0.6) is 0 Å². The second-order valence-electron chi connectivity index (χ2n) is 4.29. The quantitative estimate of drug-likeness (QED) is 0.825. The Morgan fingerprint density at radius 2 is 1.81 bits per heavy atom. The fourth-order valence-corrected chi connectivity index (χ4v) is 2.83. The molecule has 6 heteroatoms. The van der Waals surface area contributed by atoms with E-state index in [1.165, 1.54) is 7.11 Å². The summed E-state index contributed by atoms with van der Waals surface area (Å²) in [7, 11) is 1.32. The lowest BCUT2D eigenvalue weighted by molar-refractivity contribution is 0.0606. The average molecular weight is 368 g/mol. The molecule has 21 heavy (non-hydrogen) atoms. The van der Waals surface area contributed by atoms with Crippen LogP contribution in [0.2, 0.25) is 0 Å². The Labute approximate surface area is 135 Å². The molecule has 2 rings (SSSR count). The molecule has 0 aliphatic carbocycles. The van der Waals surface area contributed by atoms with Gasteiger partial charge in [0.2, 0.25) is 0 Å². The number of benzene rings is 1. The van der Waals surface area contributed by atoms with Gasteiger partial charge in [-0.25, -0.2) is 4.79 Å². The van der Waals surface area contributed by atoms with Crippen LogP contribution in [-0.4, -0.2) is 25.5 Å².